The molecule has 0 aromatic carbocycles. The highest BCUT2D eigenvalue weighted by atomic mass is 32.1. The lowest BCUT2D eigenvalue weighted by Gasteiger charge is -1.91. The Kier molecular flexibility index (Phi) is 2.35. The third-order valence-electron chi connectivity index (χ3n) is 1.68. The first-order valence-electron chi connectivity index (χ1n) is 4.19. The maximum atomic E-state index is 4.06. The van der Waals surface area contributed by atoms with E-state index in [4.69, 9.17) is 0 Å². The Morgan fingerprint density at radius 3 is 3.15 bits per heavy atom. The number of nitrogens with zero attached hydrogens (tertiary/aromatic N) is 4. The van der Waals surface area contributed by atoms with Gasteiger partial charge in [0.25, 0.3) is 0 Å². The van der Waals surface area contributed by atoms with Gasteiger partial charge in [-0.05, 0) is 6.42 Å². The predicted octanol–water partition coefficient (Wildman–Crippen LogP) is 1.81. The van der Waals surface area contributed by atoms with Crippen LogP contribution in [0.1, 0.15) is 13.3 Å². The van der Waals surface area contributed by atoms with E-state index < -0.39 is 0 Å². The highest BCUT2D eigenvalue weighted by Crippen LogP contribution is 2.19. The van der Waals surface area contributed by atoms with Crippen LogP contribution in [0.4, 0.5) is 0 Å². The van der Waals surface area contributed by atoms with Crippen LogP contribution >= 0.6 is 11.3 Å². The predicted molar refractivity (Wildman–Crippen MR) is 51.4 cm³/mol. The van der Waals surface area contributed by atoms with Crippen molar-refractivity contribution in [3.05, 3.63) is 17.9 Å². The maximum absolute atomic E-state index is 4.06. The van der Waals surface area contributed by atoms with Gasteiger partial charge >= 0.3 is 0 Å². The third-order valence-corrected chi connectivity index (χ3v) is 2.47. The van der Waals surface area contributed by atoms with Gasteiger partial charge in [0.1, 0.15) is 5.69 Å². The minimum Gasteiger partial charge on any atom is -0.252 e. The topological polar surface area (TPSA) is 43.6 Å². The van der Waals surface area contributed by atoms with Crippen LogP contribution in [0.5, 0.6) is 0 Å². The van der Waals surface area contributed by atoms with Gasteiger partial charge in [-0.3, -0.25) is 9.67 Å². The van der Waals surface area contributed by atoms with E-state index >= 15 is 0 Å². The van der Waals surface area contributed by atoms with E-state index in [1.807, 2.05) is 17.1 Å². The molecule has 13 heavy (non-hydrogen) atoms. The third kappa shape index (κ3) is 1.75. The normalized spacial score (nSPS) is 10.5. The second kappa shape index (κ2) is 3.66. The summed E-state index contributed by atoms with van der Waals surface area (Å²) < 4.78 is 1.86. The quantitative estimate of drug-likeness (QED) is 0.748. The van der Waals surface area contributed by atoms with Crippen molar-refractivity contribution in [3.63, 3.8) is 0 Å². The maximum Gasteiger partial charge on any atom is 0.124 e. The number of aryl methyl sites for hydroxylation is 1. The van der Waals surface area contributed by atoms with E-state index in [0.29, 0.717) is 0 Å². The van der Waals surface area contributed by atoms with Crippen molar-refractivity contribution in [1.29, 1.82) is 0 Å². The van der Waals surface area contributed by atoms with Crippen molar-refractivity contribution in [3.8, 4) is 10.6 Å². The molecule has 68 valence electrons. The Morgan fingerprint density at radius 2 is 2.46 bits per heavy atom. The molecule has 0 aliphatic heterocycles. The molecule has 0 atom stereocenters. The van der Waals surface area contributed by atoms with Crippen LogP contribution in [0.3, 0.4) is 0 Å². The zero-order valence-corrected chi connectivity index (χ0v) is 8.16. The van der Waals surface area contributed by atoms with Gasteiger partial charge in [-0.25, -0.2) is 0 Å². The summed E-state index contributed by atoms with van der Waals surface area (Å²) in [5, 5.41) is 8.07. The lowest BCUT2D eigenvalue weighted by molar-refractivity contribution is 0.579. The first-order valence-corrected chi connectivity index (χ1v) is 5.07. The van der Waals surface area contributed by atoms with E-state index in [-0.39, 0.29) is 0 Å². The molecule has 2 rings (SSSR count). The monoisotopic (exact) mass is 194 g/mol. The first-order chi connectivity index (χ1) is 6.40. The fourth-order valence-corrected chi connectivity index (χ4v) is 1.66. The zero-order chi connectivity index (χ0) is 9.10. The summed E-state index contributed by atoms with van der Waals surface area (Å²) in [5.74, 6) is 0. The van der Waals surface area contributed by atoms with Crippen LogP contribution < -0.4 is 0 Å². The summed E-state index contributed by atoms with van der Waals surface area (Å²) in [6.07, 6.45) is 4.84. The summed E-state index contributed by atoms with van der Waals surface area (Å²) >= 11 is 1.58. The zero-order valence-electron chi connectivity index (χ0n) is 7.34. The van der Waals surface area contributed by atoms with Gasteiger partial charge in [0, 0.05) is 12.7 Å². The Balaban J connectivity index is 2.23. The Bertz CT molecular complexity index is 365. The number of thiazole rings is 1. The van der Waals surface area contributed by atoms with Gasteiger partial charge < -0.3 is 0 Å². The summed E-state index contributed by atoms with van der Waals surface area (Å²) in [5.41, 5.74) is 2.71. The second-order valence-corrected chi connectivity index (χ2v) is 3.62. The van der Waals surface area contributed by atoms with Crippen LogP contribution in [0, 0.1) is 0 Å². The van der Waals surface area contributed by atoms with Gasteiger partial charge in [0.15, 0.2) is 0 Å². The average molecular weight is 194 g/mol. The first kappa shape index (κ1) is 8.37. The Hall–Kier alpha value is -1.23. The molecule has 0 N–H and O–H groups in total. The van der Waals surface area contributed by atoms with E-state index in [1.165, 1.54) is 0 Å². The fourth-order valence-electron chi connectivity index (χ4n) is 1.09. The molecule has 2 aromatic rings. The van der Waals surface area contributed by atoms with Gasteiger partial charge in [0.2, 0.25) is 0 Å². The molecular weight excluding hydrogens is 184 g/mol. The summed E-state index contributed by atoms with van der Waals surface area (Å²) in [4.78, 5) is 5.07. The minimum absolute atomic E-state index is 0.913. The molecule has 0 saturated carbocycles. The summed E-state index contributed by atoms with van der Waals surface area (Å²) in [7, 11) is 0. The molecule has 2 heterocycles. The van der Waals surface area contributed by atoms with Crippen molar-refractivity contribution in [2.45, 2.75) is 19.9 Å². The van der Waals surface area contributed by atoms with E-state index in [1.54, 1.807) is 16.8 Å². The Labute approximate surface area is 80.2 Å². The Morgan fingerprint density at radius 1 is 1.54 bits per heavy atom. The molecular formula is C8H10N4S. The number of hydrogen-bond donors (Lipinski definition) is 0. The summed E-state index contributed by atoms with van der Waals surface area (Å²) in [6, 6.07) is 0. The lowest BCUT2D eigenvalue weighted by Crippen LogP contribution is -1.96. The van der Waals surface area contributed by atoms with Crippen LogP contribution in [0.15, 0.2) is 17.9 Å². The van der Waals surface area contributed by atoms with Gasteiger partial charge in [-0.2, -0.15) is 0 Å². The van der Waals surface area contributed by atoms with Crippen molar-refractivity contribution >= 4 is 11.3 Å². The van der Waals surface area contributed by atoms with E-state index in [9.17, 15) is 0 Å². The number of hydrogen-bond acceptors (Lipinski definition) is 4. The molecule has 0 saturated heterocycles. The van der Waals surface area contributed by atoms with E-state index in [0.717, 1.165) is 23.5 Å². The highest BCUT2D eigenvalue weighted by Gasteiger charge is 2.03. The molecule has 2 aromatic heterocycles. The van der Waals surface area contributed by atoms with Crippen LogP contribution in [0.25, 0.3) is 10.6 Å². The molecule has 0 aliphatic rings. The van der Waals surface area contributed by atoms with Gasteiger partial charge in [-0.1, -0.05) is 12.1 Å². The molecule has 0 spiro atoms. The fraction of sp³-hybridized carbons (Fsp3) is 0.375. The van der Waals surface area contributed by atoms with Gasteiger partial charge in [0.05, 0.1) is 16.6 Å². The van der Waals surface area contributed by atoms with Crippen molar-refractivity contribution in [2.75, 3.05) is 0 Å². The largest absolute Gasteiger partial charge is 0.252 e. The van der Waals surface area contributed by atoms with Crippen molar-refractivity contribution < 1.29 is 0 Å². The molecule has 0 amide bonds. The molecule has 0 aliphatic carbocycles. The number of aromatic nitrogens is 4. The van der Waals surface area contributed by atoms with Gasteiger partial charge in [-0.15, -0.1) is 16.4 Å². The number of rotatable bonds is 3. The van der Waals surface area contributed by atoms with Crippen molar-refractivity contribution in [1.82, 2.24) is 20.0 Å². The van der Waals surface area contributed by atoms with E-state index in [2.05, 4.69) is 22.2 Å². The summed E-state index contributed by atoms with van der Waals surface area (Å²) in [6.45, 7) is 3.04. The SMILES string of the molecule is CCCn1cc(-c2cncs2)nn1. The smallest absolute Gasteiger partial charge is 0.124 e. The molecule has 0 fully saturated rings. The van der Waals surface area contributed by atoms with Crippen LogP contribution in [-0.4, -0.2) is 20.0 Å². The standard InChI is InChI=1S/C8H10N4S/c1-2-3-12-5-7(10-11-12)8-4-9-6-13-8/h4-6H,2-3H2,1H3. The molecule has 0 radical (unpaired) electrons. The molecule has 0 bridgehead atoms. The molecule has 5 heteroatoms. The van der Waals surface area contributed by atoms with Crippen LogP contribution in [0.2, 0.25) is 0 Å². The highest BCUT2D eigenvalue weighted by molar-refractivity contribution is 7.13. The lowest BCUT2D eigenvalue weighted by atomic mass is 10.4. The average Bonchev–Trinajstić information content (AvgIpc) is 2.70. The second-order valence-electron chi connectivity index (χ2n) is 2.73. The van der Waals surface area contributed by atoms with Crippen LogP contribution in [-0.2, 0) is 6.54 Å². The molecule has 0 unspecified atom stereocenters. The molecule has 4 nitrogen and oxygen atoms in total. The van der Waals surface area contributed by atoms with Crippen molar-refractivity contribution in [2.24, 2.45) is 0 Å². The minimum atomic E-state index is 0.913.